The Morgan fingerprint density at radius 3 is 2.50 bits per heavy atom. The Bertz CT molecular complexity index is 764. The highest BCUT2D eigenvalue weighted by Gasteiger charge is 2.22. The van der Waals surface area contributed by atoms with Gasteiger partial charge in [0, 0.05) is 16.9 Å². The van der Waals surface area contributed by atoms with Gasteiger partial charge in [0.25, 0.3) is 10.0 Å². The van der Waals surface area contributed by atoms with Crippen LogP contribution in [0.5, 0.6) is 0 Å². The molecule has 1 aromatic carbocycles. The number of carbonyl (C=O) groups is 1. The number of carboxylic acid groups (broad SMARTS) is 1. The minimum atomic E-state index is -3.96. The molecule has 104 valence electrons. The lowest BCUT2D eigenvalue weighted by molar-refractivity contribution is 0.0691. The van der Waals surface area contributed by atoms with E-state index in [9.17, 15) is 13.2 Å². The highest BCUT2D eigenvalue weighted by molar-refractivity contribution is 9.10. The van der Waals surface area contributed by atoms with E-state index < -0.39 is 21.7 Å². The molecule has 0 amide bonds. The van der Waals surface area contributed by atoms with Gasteiger partial charge in [0.1, 0.15) is 4.90 Å². The number of nitrogens with one attached hydrogen (secondary N) is 1. The Kier molecular flexibility index (Phi) is 4.00. The van der Waals surface area contributed by atoms with Crippen LogP contribution in [0.15, 0.2) is 46.0 Å². The second-order valence-corrected chi connectivity index (χ2v) is 6.10. The van der Waals surface area contributed by atoms with Crippen LogP contribution < -0.4 is 4.72 Å². The summed E-state index contributed by atoms with van der Waals surface area (Å²) in [5, 5.41) is 8.94. The first-order valence-electron chi connectivity index (χ1n) is 5.23. The molecule has 0 radical (unpaired) electrons. The van der Waals surface area contributed by atoms with E-state index in [0.29, 0.717) is 4.47 Å². The van der Waals surface area contributed by atoms with Gasteiger partial charge >= 0.3 is 5.97 Å². The summed E-state index contributed by atoms with van der Waals surface area (Å²) in [6, 6.07) is 6.15. The van der Waals surface area contributed by atoms with Crippen LogP contribution >= 0.6 is 15.9 Å². The van der Waals surface area contributed by atoms with Gasteiger partial charge in [-0.15, -0.1) is 0 Å². The molecule has 9 heteroatoms. The van der Waals surface area contributed by atoms with E-state index in [0.717, 1.165) is 0 Å². The van der Waals surface area contributed by atoms with Gasteiger partial charge in [-0.05, 0) is 28.1 Å². The summed E-state index contributed by atoms with van der Waals surface area (Å²) in [6.07, 6.45) is 2.37. The van der Waals surface area contributed by atoms with E-state index in [1.54, 1.807) is 18.2 Å². The van der Waals surface area contributed by atoms with Crippen molar-refractivity contribution in [3.8, 4) is 0 Å². The molecule has 0 aliphatic carbocycles. The Labute approximate surface area is 122 Å². The maximum absolute atomic E-state index is 12.2. The minimum Gasteiger partial charge on any atom is -0.476 e. The quantitative estimate of drug-likeness (QED) is 0.862. The summed E-state index contributed by atoms with van der Waals surface area (Å²) in [7, 11) is -3.96. The molecule has 0 fully saturated rings. The number of aromatic nitrogens is 2. The van der Waals surface area contributed by atoms with Crippen LogP contribution in [0.2, 0.25) is 0 Å². The summed E-state index contributed by atoms with van der Waals surface area (Å²) in [6.45, 7) is 0. The Hall–Kier alpha value is -2.00. The summed E-state index contributed by atoms with van der Waals surface area (Å²) in [4.78, 5) is 18.2. The van der Waals surface area contributed by atoms with Gasteiger partial charge in [0.15, 0.2) is 11.5 Å². The van der Waals surface area contributed by atoms with Crippen molar-refractivity contribution in [1.82, 2.24) is 9.97 Å². The molecule has 1 heterocycles. The van der Waals surface area contributed by atoms with Crippen molar-refractivity contribution in [3.05, 3.63) is 46.8 Å². The zero-order chi connectivity index (χ0) is 14.8. The fourth-order valence-corrected chi connectivity index (χ4v) is 3.43. The third-order valence-corrected chi connectivity index (χ3v) is 4.61. The van der Waals surface area contributed by atoms with E-state index in [4.69, 9.17) is 5.11 Å². The van der Waals surface area contributed by atoms with E-state index in [-0.39, 0.29) is 10.7 Å². The summed E-state index contributed by atoms with van der Waals surface area (Å²) >= 11 is 3.12. The highest BCUT2D eigenvalue weighted by atomic mass is 79.9. The third-order valence-electron chi connectivity index (χ3n) is 2.26. The fourth-order valence-electron chi connectivity index (χ4n) is 1.41. The molecule has 0 bridgehead atoms. The lowest BCUT2D eigenvalue weighted by Crippen LogP contribution is -2.18. The normalized spacial score (nSPS) is 11.1. The largest absolute Gasteiger partial charge is 0.476 e. The fraction of sp³-hybridized carbons (Fsp3) is 0. The number of rotatable bonds is 4. The maximum atomic E-state index is 12.2. The van der Waals surface area contributed by atoms with Crippen molar-refractivity contribution >= 4 is 37.7 Å². The zero-order valence-electron chi connectivity index (χ0n) is 9.82. The molecule has 0 atom stereocenters. The molecular formula is C11H8BrN3O4S. The predicted octanol–water partition coefficient (Wildman–Crippen LogP) is 1.74. The van der Waals surface area contributed by atoms with Crippen molar-refractivity contribution in [1.29, 1.82) is 0 Å². The first-order chi connectivity index (χ1) is 9.42. The monoisotopic (exact) mass is 357 g/mol. The molecule has 1 aromatic heterocycles. The van der Waals surface area contributed by atoms with Crippen molar-refractivity contribution in [2.24, 2.45) is 0 Å². The molecule has 0 aliphatic heterocycles. The van der Waals surface area contributed by atoms with Gasteiger partial charge in [0.2, 0.25) is 0 Å². The van der Waals surface area contributed by atoms with E-state index in [1.807, 2.05) is 0 Å². The number of sulfonamides is 1. The van der Waals surface area contributed by atoms with Gasteiger partial charge in [-0.25, -0.2) is 23.2 Å². The average molecular weight is 358 g/mol. The minimum absolute atomic E-state index is 0.0259. The topological polar surface area (TPSA) is 109 Å². The molecular weight excluding hydrogens is 350 g/mol. The molecule has 0 spiro atoms. The number of aromatic carboxylic acids is 1. The standard InChI is InChI=1S/C11H8BrN3O4S/c12-7-3-1-2-4-8(7)20(18,19)15-10-9(11(16)17)13-5-6-14-10/h1-6H,(H,14,15)(H,16,17). The molecule has 0 aliphatic rings. The average Bonchev–Trinajstić information content (AvgIpc) is 2.39. The summed E-state index contributed by atoms with van der Waals surface area (Å²) in [5.41, 5.74) is -0.469. The van der Waals surface area contributed by atoms with Crippen LogP contribution in [0, 0.1) is 0 Å². The van der Waals surface area contributed by atoms with E-state index in [2.05, 4.69) is 30.6 Å². The Balaban J connectivity index is 2.45. The predicted molar refractivity (Wildman–Crippen MR) is 73.9 cm³/mol. The van der Waals surface area contributed by atoms with E-state index in [1.165, 1.54) is 18.5 Å². The molecule has 0 unspecified atom stereocenters. The van der Waals surface area contributed by atoms with Crippen LogP contribution in [0.25, 0.3) is 0 Å². The number of hydrogen-bond donors (Lipinski definition) is 2. The van der Waals surface area contributed by atoms with Crippen molar-refractivity contribution < 1.29 is 18.3 Å². The van der Waals surface area contributed by atoms with Crippen LogP contribution in [0.3, 0.4) is 0 Å². The number of benzene rings is 1. The first kappa shape index (κ1) is 14.4. The smallest absolute Gasteiger partial charge is 0.358 e. The number of anilines is 1. The first-order valence-corrected chi connectivity index (χ1v) is 7.51. The second kappa shape index (κ2) is 5.55. The maximum Gasteiger partial charge on any atom is 0.358 e. The number of halogens is 1. The van der Waals surface area contributed by atoms with Crippen molar-refractivity contribution in [3.63, 3.8) is 0 Å². The lowest BCUT2D eigenvalue weighted by atomic mass is 10.4. The molecule has 2 aromatic rings. The van der Waals surface area contributed by atoms with Crippen LogP contribution in [0.4, 0.5) is 5.82 Å². The second-order valence-electron chi connectivity index (χ2n) is 3.59. The van der Waals surface area contributed by atoms with Gasteiger partial charge in [0.05, 0.1) is 0 Å². The van der Waals surface area contributed by atoms with Crippen LogP contribution in [-0.4, -0.2) is 29.5 Å². The highest BCUT2D eigenvalue weighted by Crippen LogP contribution is 2.23. The van der Waals surface area contributed by atoms with Crippen LogP contribution in [-0.2, 0) is 10.0 Å². The van der Waals surface area contributed by atoms with Gasteiger partial charge in [-0.1, -0.05) is 12.1 Å². The summed E-state index contributed by atoms with van der Waals surface area (Å²) in [5.74, 6) is -1.71. The zero-order valence-corrected chi connectivity index (χ0v) is 12.2. The van der Waals surface area contributed by atoms with Gasteiger partial charge in [-0.3, -0.25) is 4.72 Å². The number of nitrogens with zero attached hydrogens (tertiary/aromatic N) is 2. The molecule has 2 N–H and O–H groups in total. The Morgan fingerprint density at radius 1 is 1.20 bits per heavy atom. The Morgan fingerprint density at radius 2 is 1.85 bits per heavy atom. The third kappa shape index (κ3) is 2.94. The summed E-state index contributed by atoms with van der Waals surface area (Å²) < 4.78 is 26.9. The van der Waals surface area contributed by atoms with E-state index >= 15 is 0 Å². The molecule has 20 heavy (non-hydrogen) atoms. The SMILES string of the molecule is O=C(O)c1nccnc1NS(=O)(=O)c1ccccc1Br. The molecule has 7 nitrogen and oxygen atoms in total. The lowest BCUT2D eigenvalue weighted by Gasteiger charge is -2.09. The van der Waals surface area contributed by atoms with Crippen molar-refractivity contribution in [2.75, 3.05) is 4.72 Å². The molecule has 0 saturated carbocycles. The molecule has 2 rings (SSSR count). The molecule has 0 saturated heterocycles. The number of hydrogen-bond acceptors (Lipinski definition) is 5. The van der Waals surface area contributed by atoms with Crippen molar-refractivity contribution in [2.45, 2.75) is 4.90 Å². The van der Waals surface area contributed by atoms with Crippen LogP contribution in [0.1, 0.15) is 10.5 Å². The van der Waals surface area contributed by atoms with Gasteiger partial charge < -0.3 is 5.11 Å². The van der Waals surface area contributed by atoms with Gasteiger partial charge in [-0.2, -0.15) is 0 Å². The number of carboxylic acids is 1.